The van der Waals surface area contributed by atoms with Crippen molar-refractivity contribution in [3.8, 4) is 21.1 Å². The van der Waals surface area contributed by atoms with E-state index in [4.69, 9.17) is 10.7 Å². The predicted octanol–water partition coefficient (Wildman–Crippen LogP) is 6.27. The molecular weight excluding hydrogens is 438 g/mol. The second-order valence-corrected chi connectivity index (χ2v) is 9.95. The zero-order valence-corrected chi connectivity index (χ0v) is 19.4. The number of nitrogens with one attached hydrogen (secondary N) is 2. The highest BCUT2D eigenvalue weighted by molar-refractivity contribution is 7.23. The lowest BCUT2D eigenvalue weighted by molar-refractivity contribution is -0.116. The predicted molar refractivity (Wildman–Crippen MR) is 134 cm³/mol. The molecule has 162 valence electrons. The zero-order chi connectivity index (χ0) is 22.2. The third-order valence-electron chi connectivity index (χ3n) is 5.48. The molecule has 5 rings (SSSR count). The minimum absolute atomic E-state index is 0.0714. The molecule has 0 aliphatic carbocycles. The molecule has 0 fully saturated rings. The van der Waals surface area contributed by atoms with Crippen molar-refractivity contribution in [3.05, 3.63) is 59.0 Å². The number of hydrogen-bond donors (Lipinski definition) is 3. The van der Waals surface area contributed by atoms with Crippen molar-refractivity contribution in [3.63, 3.8) is 0 Å². The lowest BCUT2D eigenvalue weighted by Gasteiger charge is -2.17. The molecule has 0 spiro atoms. The minimum Gasteiger partial charge on any atom is -0.382 e. The van der Waals surface area contributed by atoms with Gasteiger partial charge in [-0.05, 0) is 47.7 Å². The van der Waals surface area contributed by atoms with E-state index in [9.17, 15) is 4.79 Å². The molecule has 8 heteroatoms. The Bertz CT molecular complexity index is 1290. The van der Waals surface area contributed by atoms with Crippen LogP contribution in [0, 0.1) is 0 Å². The van der Waals surface area contributed by atoms with Gasteiger partial charge in [-0.15, -0.1) is 11.3 Å². The van der Waals surface area contributed by atoms with Gasteiger partial charge >= 0.3 is 0 Å². The second kappa shape index (κ2) is 8.37. The van der Waals surface area contributed by atoms with E-state index < -0.39 is 0 Å². The number of fused-ring (bicyclic) bond motifs is 1. The van der Waals surface area contributed by atoms with Crippen molar-refractivity contribution in [1.29, 1.82) is 0 Å². The number of hydrogen-bond acceptors (Lipinski definition) is 7. The molecule has 1 aliphatic rings. The summed E-state index contributed by atoms with van der Waals surface area (Å²) < 4.78 is 0. The minimum atomic E-state index is 0.0714. The molecule has 32 heavy (non-hydrogen) atoms. The molecule has 1 amide bonds. The van der Waals surface area contributed by atoms with Gasteiger partial charge in [-0.3, -0.25) is 4.79 Å². The molecule has 4 N–H and O–H groups in total. The lowest BCUT2D eigenvalue weighted by Crippen LogP contribution is -2.18. The van der Waals surface area contributed by atoms with Crippen molar-refractivity contribution >= 4 is 50.9 Å². The molecule has 1 aliphatic heterocycles. The maximum atomic E-state index is 11.6. The van der Waals surface area contributed by atoms with E-state index in [1.807, 2.05) is 17.5 Å². The number of carbonyl (C=O) groups is 1. The number of nitrogen functional groups attached to an aromatic ring is 1. The summed E-state index contributed by atoms with van der Waals surface area (Å²) in [4.78, 5) is 21.8. The van der Waals surface area contributed by atoms with E-state index in [1.165, 1.54) is 16.9 Å². The van der Waals surface area contributed by atoms with E-state index in [1.54, 1.807) is 11.3 Å². The maximum Gasteiger partial charge on any atom is 0.224 e. The van der Waals surface area contributed by atoms with Gasteiger partial charge in [-0.1, -0.05) is 43.4 Å². The molecule has 0 unspecified atom stereocenters. The molecule has 6 nitrogen and oxygen atoms in total. The summed E-state index contributed by atoms with van der Waals surface area (Å²) >= 11 is 3.06. The Labute approximate surface area is 194 Å². The highest BCUT2D eigenvalue weighted by Crippen LogP contribution is 2.39. The van der Waals surface area contributed by atoms with Gasteiger partial charge in [0, 0.05) is 28.7 Å². The molecule has 4 aromatic rings. The van der Waals surface area contributed by atoms with Crippen LogP contribution in [0.25, 0.3) is 21.1 Å². The standard InChI is InChI=1S/C24H23N5OS2/c1-13(2)14-3-7-17(8-4-14)26-24-29-22(25)21(32-24)23-28-19(12-31-23)16-5-9-18-15(11-16)6-10-20(30)27-18/h3-5,7-9,11-13H,6,10,25H2,1-2H3,(H,26,29)(H,27,30). The smallest absolute Gasteiger partial charge is 0.224 e. The molecule has 0 bridgehead atoms. The molecular formula is C24H23N5OS2. The van der Waals surface area contributed by atoms with Crippen LogP contribution in [-0.2, 0) is 11.2 Å². The number of thiazole rings is 2. The van der Waals surface area contributed by atoms with Crippen LogP contribution < -0.4 is 16.4 Å². The largest absolute Gasteiger partial charge is 0.382 e. The Morgan fingerprint density at radius 1 is 1.09 bits per heavy atom. The monoisotopic (exact) mass is 461 g/mol. The number of carbonyl (C=O) groups excluding carboxylic acids is 1. The first kappa shape index (κ1) is 20.7. The summed E-state index contributed by atoms with van der Waals surface area (Å²) in [5.41, 5.74) is 12.5. The molecule has 2 aromatic heterocycles. The van der Waals surface area contributed by atoms with E-state index >= 15 is 0 Å². The van der Waals surface area contributed by atoms with Crippen LogP contribution >= 0.6 is 22.7 Å². The fourth-order valence-corrected chi connectivity index (χ4v) is 5.50. The Hall–Kier alpha value is -3.23. The van der Waals surface area contributed by atoms with E-state index in [2.05, 4.69) is 59.8 Å². The van der Waals surface area contributed by atoms with Gasteiger partial charge in [-0.2, -0.15) is 0 Å². The average Bonchev–Trinajstić information content (AvgIpc) is 3.40. The summed E-state index contributed by atoms with van der Waals surface area (Å²) in [6, 6.07) is 14.4. The highest BCUT2D eigenvalue weighted by Gasteiger charge is 2.18. The van der Waals surface area contributed by atoms with Crippen molar-refractivity contribution in [2.45, 2.75) is 32.6 Å². The van der Waals surface area contributed by atoms with E-state index in [0.29, 0.717) is 18.2 Å². The van der Waals surface area contributed by atoms with E-state index in [0.717, 1.165) is 49.6 Å². The molecule has 3 heterocycles. The van der Waals surface area contributed by atoms with Crippen molar-refractivity contribution < 1.29 is 4.79 Å². The zero-order valence-electron chi connectivity index (χ0n) is 17.8. The number of nitrogens with zero attached hydrogens (tertiary/aromatic N) is 2. The first-order valence-corrected chi connectivity index (χ1v) is 12.2. The number of benzene rings is 2. The van der Waals surface area contributed by atoms with Crippen LogP contribution in [0.3, 0.4) is 0 Å². The second-order valence-electron chi connectivity index (χ2n) is 8.09. The third-order valence-corrected chi connectivity index (χ3v) is 7.46. The number of anilines is 4. The fraction of sp³-hybridized carbons (Fsp3) is 0.208. The van der Waals surface area contributed by atoms with Crippen LogP contribution in [0.2, 0.25) is 0 Å². The van der Waals surface area contributed by atoms with Crippen LogP contribution in [0.1, 0.15) is 37.3 Å². The Morgan fingerprint density at radius 2 is 1.91 bits per heavy atom. The molecule has 2 aromatic carbocycles. The van der Waals surface area contributed by atoms with Crippen LogP contribution in [-0.4, -0.2) is 15.9 Å². The summed E-state index contributed by atoms with van der Waals surface area (Å²) in [7, 11) is 0. The van der Waals surface area contributed by atoms with Crippen LogP contribution in [0.15, 0.2) is 47.8 Å². The van der Waals surface area contributed by atoms with Gasteiger partial charge in [0.1, 0.15) is 15.7 Å². The Morgan fingerprint density at radius 3 is 2.69 bits per heavy atom. The normalized spacial score (nSPS) is 13.2. The Balaban J connectivity index is 1.36. The molecule has 0 saturated heterocycles. The van der Waals surface area contributed by atoms with Gasteiger partial charge < -0.3 is 16.4 Å². The van der Waals surface area contributed by atoms with Crippen molar-refractivity contribution in [2.75, 3.05) is 16.4 Å². The number of aryl methyl sites for hydroxylation is 1. The number of amides is 1. The summed E-state index contributed by atoms with van der Waals surface area (Å²) in [5.74, 6) is 1.05. The first-order chi connectivity index (χ1) is 15.5. The Kier molecular flexibility index (Phi) is 5.40. The van der Waals surface area contributed by atoms with Gasteiger partial charge in [0.2, 0.25) is 5.91 Å². The topological polar surface area (TPSA) is 92.9 Å². The molecule has 0 saturated carbocycles. The molecule has 0 radical (unpaired) electrons. The van der Waals surface area contributed by atoms with Gasteiger partial charge in [-0.25, -0.2) is 9.97 Å². The fourth-order valence-electron chi connectivity index (χ4n) is 3.67. The lowest BCUT2D eigenvalue weighted by atomic mass is 9.99. The number of rotatable bonds is 5. The third kappa shape index (κ3) is 4.11. The highest BCUT2D eigenvalue weighted by atomic mass is 32.1. The summed E-state index contributed by atoms with van der Waals surface area (Å²) in [5, 5.41) is 9.90. The van der Waals surface area contributed by atoms with Crippen LogP contribution in [0.5, 0.6) is 0 Å². The number of aromatic nitrogens is 2. The first-order valence-electron chi connectivity index (χ1n) is 10.5. The van der Waals surface area contributed by atoms with Gasteiger partial charge in [0.15, 0.2) is 5.13 Å². The van der Waals surface area contributed by atoms with Crippen molar-refractivity contribution in [1.82, 2.24) is 9.97 Å². The average molecular weight is 462 g/mol. The quantitative estimate of drug-likeness (QED) is 0.326. The van der Waals surface area contributed by atoms with Crippen LogP contribution in [0.4, 0.5) is 22.3 Å². The maximum absolute atomic E-state index is 11.6. The number of nitrogens with two attached hydrogens (primary N) is 1. The summed E-state index contributed by atoms with van der Waals surface area (Å²) in [6.07, 6.45) is 1.27. The summed E-state index contributed by atoms with van der Waals surface area (Å²) in [6.45, 7) is 4.36. The van der Waals surface area contributed by atoms with Gasteiger partial charge in [0.25, 0.3) is 0 Å². The van der Waals surface area contributed by atoms with Gasteiger partial charge in [0.05, 0.1) is 5.69 Å². The van der Waals surface area contributed by atoms with E-state index in [-0.39, 0.29) is 5.91 Å². The van der Waals surface area contributed by atoms with Crippen molar-refractivity contribution in [2.24, 2.45) is 0 Å². The molecule has 0 atom stereocenters. The SMILES string of the molecule is CC(C)c1ccc(Nc2nc(N)c(-c3nc(-c4ccc5c(c4)CCC(=O)N5)cs3)s2)cc1.